The standard InChI is InChI=1S/C18H18F3N5OS/c19-18(20,21)16-7-8-25(22-16)9-10-26(13-3-1-2-4-13)17(27)12-5-6-14-15(11-12)24-28-23-14/h5-8,11,13H,1-4,9-10H2. The summed E-state index contributed by atoms with van der Waals surface area (Å²) >= 11 is 1.09. The van der Waals surface area contributed by atoms with Crippen LogP contribution in [0.5, 0.6) is 0 Å². The average molecular weight is 409 g/mol. The molecule has 0 unspecified atom stereocenters. The summed E-state index contributed by atoms with van der Waals surface area (Å²) in [6.45, 7) is 0.509. The molecule has 1 aliphatic carbocycles. The van der Waals surface area contributed by atoms with Crippen molar-refractivity contribution in [1.29, 1.82) is 0 Å². The van der Waals surface area contributed by atoms with Gasteiger partial charge in [0.2, 0.25) is 0 Å². The topological polar surface area (TPSA) is 63.9 Å². The number of hydrogen-bond acceptors (Lipinski definition) is 5. The summed E-state index contributed by atoms with van der Waals surface area (Å²) in [6.07, 6.45) is 0.724. The molecule has 0 bridgehead atoms. The van der Waals surface area contributed by atoms with E-state index in [0.29, 0.717) is 17.6 Å². The Morgan fingerprint density at radius 1 is 1.18 bits per heavy atom. The summed E-state index contributed by atoms with van der Waals surface area (Å²) in [5.74, 6) is -0.134. The molecule has 6 nitrogen and oxygen atoms in total. The lowest BCUT2D eigenvalue weighted by Crippen LogP contribution is -2.41. The molecule has 1 aliphatic rings. The number of rotatable bonds is 5. The fraction of sp³-hybridized carbons (Fsp3) is 0.444. The lowest BCUT2D eigenvalue weighted by atomic mass is 10.1. The maximum atomic E-state index is 13.2. The Morgan fingerprint density at radius 3 is 2.64 bits per heavy atom. The molecule has 3 aromatic rings. The van der Waals surface area contributed by atoms with Crippen molar-refractivity contribution in [1.82, 2.24) is 23.4 Å². The molecule has 1 fully saturated rings. The van der Waals surface area contributed by atoms with E-state index in [4.69, 9.17) is 0 Å². The van der Waals surface area contributed by atoms with Crippen LogP contribution in [-0.2, 0) is 12.7 Å². The van der Waals surface area contributed by atoms with Crippen LogP contribution in [0.4, 0.5) is 13.2 Å². The number of fused-ring (bicyclic) bond motifs is 1. The van der Waals surface area contributed by atoms with E-state index in [-0.39, 0.29) is 18.5 Å². The Kier molecular flexibility index (Phi) is 5.05. The van der Waals surface area contributed by atoms with Gasteiger partial charge in [0.15, 0.2) is 5.69 Å². The first-order valence-corrected chi connectivity index (χ1v) is 9.79. The number of aromatic nitrogens is 4. The Bertz CT molecular complexity index is 977. The Hall–Kier alpha value is -2.49. The molecule has 0 radical (unpaired) electrons. The molecule has 0 aliphatic heterocycles. The molecule has 1 saturated carbocycles. The first kappa shape index (κ1) is 18.9. The molecule has 4 rings (SSSR count). The third-order valence-electron chi connectivity index (χ3n) is 5.03. The number of alkyl halides is 3. The SMILES string of the molecule is O=C(c1ccc2nsnc2c1)N(CCn1ccc(C(F)(F)F)n1)C1CCCC1. The lowest BCUT2D eigenvalue weighted by molar-refractivity contribution is -0.141. The van der Waals surface area contributed by atoms with Gasteiger partial charge in [-0.1, -0.05) is 12.8 Å². The Morgan fingerprint density at radius 2 is 1.93 bits per heavy atom. The number of hydrogen-bond donors (Lipinski definition) is 0. The molecule has 148 valence electrons. The predicted molar refractivity (Wildman–Crippen MR) is 97.9 cm³/mol. The summed E-state index contributed by atoms with van der Waals surface area (Å²) in [6, 6.07) is 6.25. The van der Waals surface area contributed by atoms with E-state index in [1.54, 1.807) is 23.1 Å². The molecule has 2 aromatic heterocycles. The summed E-state index contributed by atoms with van der Waals surface area (Å²) in [7, 11) is 0. The second kappa shape index (κ2) is 7.50. The zero-order valence-corrected chi connectivity index (χ0v) is 15.7. The molecule has 10 heteroatoms. The Labute approximate surface area is 163 Å². The molecule has 28 heavy (non-hydrogen) atoms. The normalized spacial score (nSPS) is 15.4. The van der Waals surface area contributed by atoms with Gasteiger partial charge in [-0.25, -0.2) is 0 Å². The fourth-order valence-corrected chi connectivity index (χ4v) is 4.11. The number of carbonyl (C=O) groups is 1. The van der Waals surface area contributed by atoms with E-state index in [1.807, 2.05) is 0 Å². The molecular formula is C18H18F3N5OS. The number of benzene rings is 1. The van der Waals surface area contributed by atoms with E-state index in [1.165, 1.54) is 10.9 Å². The van der Waals surface area contributed by atoms with Crippen LogP contribution in [0.1, 0.15) is 41.7 Å². The van der Waals surface area contributed by atoms with Gasteiger partial charge in [-0.3, -0.25) is 9.48 Å². The van der Waals surface area contributed by atoms with Crippen molar-refractivity contribution in [3.63, 3.8) is 0 Å². The second-order valence-corrected chi connectivity index (χ2v) is 7.39. The van der Waals surface area contributed by atoms with Crippen LogP contribution in [0, 0.1) is 0 Å². The van der Waals surface area contributed by atoms with Gasteiger partial charge in [-0.2, -0.15) is 27.0 Å². The number of nitrogens with zero attached hydrogens (tertiary/aromatic N) is 5. The van der Waals surface area contributed by atoms with Gasteiger partial charge in [-0.05, 0) is 37.1 Å². The van der Waals surface area contributed by atoms with Gasteiger partial charge in [0.05, 0.1) is 18.3 Å². The number of amides is 1. The van der Waals surface area contributed by atoms with Crippen LogP contribution in [0.15, 0.2) is 30.5 Å². The molecule has 2 heterocycles. The van der Waals surface area contributed by atoms with Crippen molar-refractivity contribution in [3.8, 4) is 0 Å². The van der Waals surface area contributed by atoms with Gasteiger partial charge in [0, 0.05) is 24.3 Å². The van der Waals surface area contributed by atoms with Crippen molar-refractivity contribution in [2.75, 3.05) is 6.54 Å². The number of halogens is 3. The zero-order valence-electron chi connectivity index (χ0n) is 14.9. The lowest BCUT2D eigenvalue weighted by Gasteiger charge is -2.29. The summed E-state index contributed by atoms with van der Waals surface area (Å²) in [4.78, 5) is 14.9. The molecule has 0 spiro atoms. The van der Waals surface area contributed by atoms with Gasteiger partial charge < -0.3 is 4.90 Å². The van der Waals surface area contributed by atoms with Crippen LogP contribution < -0.4 is 0 Å². The van der Waals surface area contributed by atoms with Gasteiger partial charge in [0.1, 0.15) is 11.0 Å². The minimum Gasteiger partial charge on any atom is -0.334 e. The van der Waals surface area contributed by atoms with E-state index < -0.39 is 11.9 Å². The van der Waals surface area contributed by atoms with Crippen LogP contribution in [0.2, 0.25) is 0 Å². The predicted octanol–water partition coefficient (Wildman–Crippen LogP) is 3.99. The van der Waals surface area contributed by atoms with E-state index in [2.05, 4.69) is 13.8 Å². The van der Waals surface area contributed by atoms with Crippen LogP contribution in [0.3, 0.4) is 0 Å². The average Bonchev–Trinajstić information content (AvgIpc) is 3.41. The first-order chi connectivity index (χ1) is 13.4. The molecular weight excluding hydrogens is 391 g/mol. The highest BCUT2D eigenvalue weighted by Gasteiger charge is 2.34. The highest BCUT2D eigenvalue weighted by atomic mass is 32.1. The third kappa shape index (κ3) is 3.87. The molecule has 1 amide bonds. The van der Waals surface area contributed by atoms with Gasteiger partial charge >= 0.3 is 6.18 Å². The smallest absolute Gasteiger partial charge is 0.334 e. The second-order valence-electron chi connectivity index (χ2n) is 6.87. The monoisotopic (exact) mass is 409 g/mol. The molecule has 0 N–H and O–H groups in total. The van der Waals surface area contributed by atoms with Gasteiger partial charge in [-0.15, -0.1) is 0 Å². The van der Waals surface area contributed by atoms with Crippen LogP contribution in [0.25, 0.3) is 11.0 Å². The highest BCUT2D eigenvalue weighted by Crippen LogP contribution is 2.28. The van der Waals surface area contributed by atoms with E-state index >= 15 is 0 Å². The Balaban J connectivity index is 1.53. The largest absolute Gasteiger partial charge is 0.435 e. The summed E-state index contributed by atoms with van der Waals surface area (Å²) in [5.41, 5.74) is 1.01. The van der Waals surface area contributed by atoms with Crippen molar-refractivity contribution < 1.29 is 18.0 Å². The highest BCUT2D eigenvalue weighted by molar-refractivity contribution is 7.00. The van der Waals surface area contributed by atoms with Crippen LogP contribution in [-0.4, -0.2) is 41.9 Å². The summed E-state index contributed by atoms with van der Waals surface area (Å²) in [5, 5.41) is 3.58. The van der Waals surface area contributed by atoms with Crippen molar-refractivity contribution in [2.45, 2.75) is 44.4 Å². The minimum atomic E-state index is -4.47. The molecule has 0 saturated heterocycles. The fourth-order valence-electron chi connectivity index (χ4n) is 3.59. The first-order valence-electron chi connectivity index (χ1n) is 9.06. The van der Waals surface area contributed by atoms with Crippen molar-refractivity contribution in [3.05, 3.63) is 41.7 Å². The third-order valence-corrected chi connectivity index (χ3v) is 5.58. The van der Waals surface area contributed by atoms with E-state index in [0.717, 1.165) is 49.0 Å². The number of carbonyl (C=O) groups excluding carboxylic acids is 1. The molecule has 1 aromatic carbocycles. The van der Waals surface area contributed by atoms with Crippen molar-refractivity contribution in [2.24, 2.45) is 0 Å². The maximum absolute atomic E-state index is 13.2. The maximum Gasteiger partial charge on any atom is 0.435 e. The van der Waals surface area contributed by atoms with Crippen LogP contribution >= 0.6 is 11.7 Å². The molecule has 0 atom stereocenters. The van der Waals surface area contributed by atoms with Gasteiger partial charge in [0.25, 0.3) is 5.91 Å². The minimum absolute atomic E-state index is 0.0920. The van der Waals surface area contributed by atoms with Crippen molar-refractivity contribution >= 4 is 28.7 Å². The van der Waals surface area contributed by atoms with E-state index in [9.17, 15) is 18.0 Å². The quantitative estimate of drug-likeness (QED) is 0.639. The summed E-state index contributed by atoms with van der Waals surface area (Å²) < 4.78 is 47.8. The zero-order chi connectivity index (χ0) is 19.7.